The van der Waals surface area contributed by atoms with Crippen LogP contribution in [0, 0.1) is 11.6 Å². The normalized spacial score (nSPS) is 11.8. The van der Waals surface area contributed by atoms with Crippen LogP contribution in [0.25, 0.3) is 0 Å². The number of alkyl halides is 6. The molecule has 0 saturated carbocycles. The molecular formula is C17H10F8O5. The van der Waals surface area contributed by atoms with E-state index in [1.165, 1.54) is 0 Å². The third-order valence-electron chi connectivity index (χ3n) is 3.45. The monoisotopic (exact) mass is 446 g/mol. The first-order valence-corrected chi connectivity index (χ1v) is 7.57. The highest BCUT2D eigenvalue weighted by molar-refractivity contribution is 5.93. The van der Waals surface area contributed by atoms with Crippen molar-refractivity contribution in [3.63, 3.8) is 0 Å². The molecule has 164 valence electrons. The third kappa shape index (κ3) is 5.02. The molecule has 0 heterocycles. The van der Waals surface area contributed by atoms with Gasteiger partial charge in [0.1, 0.15) is 17.1 Å². The molecule has 2 rings (SSSR count). The van der Waals surface area contributed by atoms with E-state index in [4.69, 9.17) is 4.74 Å². The highest BCUT2D eigenvalue weighted by Crippen LogP contribution is 2.42. The fourth-order valence-electron chi connectivity index (χ4n) is 2.24. The number of hydrogen-bond donors (Lipinski definition) is 0. The Hall–Kier alpha value is -3.25. The van der Waals surface area contributed by atoms with Crippen molar-refractivity contribution in [3.8, 4) is 23.0 Å². The van der Waals surface area contributed by atoms with Crippen molar-refractivity contribution in [1.29, 1.82) is 0 Å². The van der Waals surface area contributed by atoms with Crippen LogP contribution in [0.5, 0.6) is 23.0 Å². The predicted octanol–water partition coefficient (Wildman–Crippen LogP) is 5.47. The number of esters is 1. The molecule has 2 aromatic carbocycles. The van der Waals surface area contributed by atoms with E-state index >= 15 is 0 Å². The molecule has 0 unspecified atom stereocenters. The van der Waals surface area contributed by atoms with Crippen molar-refractivity contribution in [3.05, 3.63) is 47.0 Å². The topological polar surface area (TPSA) is 54.0 Å². The maximum Gasteiger partial charge on any atom is 0.573 e. The molecule has 0 N–H and O–H groups in total. The van der Waals surface area contributed by atoms with Crippen LogP contribution >= 0.6 is 0 Å². The van der Waals surface area contributed by atoms with Crippen LogP contribution < -0.4 is 14.2 Å². The Morgan fingerprint density at radius 2 is 1.50 bits per heavy atom. The number of carbonyl (C=O) groups is 1. The summed E-state index contributed by atoms with van der Waals surface area (Å²) in [6.45, 7) is 0. The number of ether oxygens (including phenoxy) is 4. The fraction of sp³-hybridized carbons (Fsp3) is 0.235. The van der Waals surface area contributed by atoms with Gasteiger partial charge in [0, 0.05) is 0 Å². The van der Waals surface area contributed by atoms with E-state index in [2.05, 4.69) is 14.2 Å². The first kappa shape index (κ1) is 23.0. The first-order valence-electron chi connectivity index (χ1n) is 7.57. The number of carbonyl (C=O) groups excluding carboxylic acids is 1. The fourth-order valence-corrected chi connectivity index (χ4v) is 2.24. The summed E-state index contributed by atoms with van der Waals surface area (Å²) in [5.41, 5.74) is -2.62. The summed E-state index contributed by atoms with van der Waals surface area (Å²) in [7, 11) is 1.63. The van der Waals surface area contributed by atoms with Crippen LogP contribution in [-0.4, -0.2) is 26.6 Å². The minimum atomic E-state index is -5.25. The van der Waals surface area contributed by atoms with E-state index in [1.54, 1.807) is 0 Å². The molecule has 0 spiro atoms. The van der Waals surface area contributed by atoms with E-state index in [0.717, 1.165) is 14.2 Å². The van der Waals surface area contributed by atoms with Crippen molar-refractivity contribution < 1.29 is 58.9 Å². The van der Waals surface area contributed by atoms with Gasteiger partial charge in [-0.1, -0.05) is 0 Å². The molecule has 0 saturated heterocycles. The van der Waals surface area contributed by atoms with Crippen molar-refractivity contribution >= 4 is 5.97 Å². The van der Waals surface area contributed by atoms with Gasteiger partial charge in [-0.05, 0) is 24.3 Å². The quantitative estimate of drug-likeness (QED) is 0.451. The summed E-state index contributed by atoms with van der Waals surface area (Å²) in [6, 6.07) is 1.34. The average molecular weight is 446 g/mol. The van der Waals surface area contributed by atoms with Crippen LogP contribution in [0.3, 0.4) is 0 Å². The molecule has 2 aromatic rings. The van der Waals surface area contributed by atoms with Gasteiger partial charge in [-0.25, -0.2) is 9.18 Å². The molecule has 5 nitrogen and oxygen atoms in total. The number of hydrogen-bond acceptors (Lipinski definition) is 5. The van der Waals surface area contributed by atoms with E-state index in [-0.39, 0.29) is 12.1 Å². The van der Waals surface area contributed by atoms with E-state index in [0.29, 0.717) is 12.1 Å². The Balaban J connectivity index is 2.62. The van der Waals surface area contributed by atoms with E-state index < -0.39 is 64.3 Å². The lowest BCUT2D eigenvalue weighted by Crippen LogP contribution is -2.18. The molecular weight excluding hydrogens is 436 g/mol. The van der Waals surface area contributed by atoms with Crippen LogP contribution in [0.4, 0.5) is 35.1 Å². The zero-order valence-electron chi connectivity index (χ0n) is 14.9. The summed E-state index contributed by atoms with van der Waals surface area (Å²) < 4.78 is 122. The molecule has 0 aliphatic rings. The lowest BCUT2D eigenvalue weighted by Gasteiger charge is -2.17. The lowest BCUT2D eigenvalue weighted by atomic mass is 10.1. The number of halogens is 8. The molecule has 13 heteroatoms. The lowest BCUT2D eigenvalue weighted by molar-refractivity contribution is -0.275. The van der Waals surface area contributed by atoms with Crippen LogP contribution in [0.1, 0.15) is 15.9 Å². The predicted molar refractivity (Wildman–Crippen MR) is 82.5 cm³/mol. The number of rotatable bonds is 5. The largest absolute Gasteiger partial charge is 0.573 e. The Kier molecular flexibility index (Phi) is 6.33. The van der Waals surface area contributed by atoms with Gasteiger partial charge < -0.3 is 18.9 Å². The summed E-state index contributed by atoms with van der Waals surface area (Å²) >= 11 is 0. The van der Waals surface area contributed by atoms with E-state index in [1.807, 2.05) is 0 Å². The molecule has 30 heavy (non-hydrogen) atoms. The van der Waals surface area contributed by atoms with Crippen molar-refractivity contribution in [2.75, 3.05) is 14.2 Å². The Morgan fingerprint density at radius 1 is 0.900 bits per heavy atom. The molecule has 0 aromatic heterocycles. The van der Waals surface area contributed by atoms with Crippen molar-refractivity contribution in [1.82, 2.24) is 0 Å². The second kappa shape index (κ2) is 8.24. The van der Waals surface area contributed by atoms with Crippen molar-refractivity contribution in [2.24, 2.45) is 0 Å². The average Bonchev–Trinajstić information content (AvgIpc) is 2.61. The summed E-state index contributed by atoms with van der Waals surface area (Å²) in [5, 5.41) is 0. The molecule has 0 radical (unpaired) electrons. The highest BCUT2D eigenvalue weighted by Gasteiger charge is 2.36. The Bertz CT molecular complexity index is 953. The van der Waals surface area contributed by atoms with Crippen LogP contribution in [-0.2, 0) is 10.9 Å². The molecule has 0 aliphatic carbocycles. The first-order chi connectivity index (χ1) is 13.8. The van der Waals surface area contributed by atoms with Gasteiger partial charge in [0.05, 0.1) is 19.8 Å². The highest BCUT2D eigenvalue weighted by atomic mass is 19.4. The zero-order valence-corrected chi connectivity index (χ0v) is 14.9. The van der Waals surface area contributed by atoms with Gasteiger partial charge in [-0.3, -0.25) is 0 Å². The van der Waals surface area contributed by atoms with Crippen LogP contribution in [0.15, 0.2) is 24.3 Å². The standard InChI is InChI=1S/C17H10F8O5/c1-27-14-10(4-3-9(13(14)19)30-17(23,24)25)29-11-6-7(16(20,21)22)5-8(18)12(11)15(26)28-2/h3-6H,1-2H3. The van der Waals surface area contributed by atoms with Gasteiger partial charge in [0.2, 0.25) is 11.6 Å². The summed E-state index contributed by atoms with van der Waals surface area (Å²) in [4.78, 5) is 11.8. The number of benzene rings is 2. The SMILES string of the molecule is COC(=O)c1c(F)cc(C(F)(F)F)cc1Oc1ccc(OC(F)(F)F)c(F)c1OC. The minimum Gasteiger partial charge on any atom is -0.490 e. The summed E-state index contributed by atoms with van der Waals surface area (Å²) in [6.07, 6.45) is -10.3. The van der Waals surface area contributed by atoms with E-state index in [9.17, 15) is 39.9 Å². The second-order valence-corrected chi connectivity index (χ2v) is 5.38. The maximum absolute atomic E-state index is 14.3. The second-order valence-electron chi connectivity index (χ2n) is 5.38. The minimum absolute atomic E-state index is 0.0111. The van der Waals surface area contributed by atoms with Gasteiger partial charge in [-0.2, -0.15) is 17.6 Å². The molecule has 0 bridgehead atoms. The molecule has 0 atom stereocenters. The van der Waals surface area contributed by atoms with Gasteiger partial charge in [0.25, 0.3) is 0 Å². The van der Waals surface area contributed by atoms with Gasteiger partial charge in [-0.15, -0.1) is 13.2 Å². The van der Waals surface area contributed by atoms with Gasteiger partial charge in [0.15, 0.2) is 11.5 Å². The maximum atomic E-state index is 14.3. The van der Waals surface area contributed by atoms with Crippen LogP contribution in [0.2, 0.25) is 0 Å². The summed E-state index contributed by atoms with van der Waals surface area (Å²) in [5.74, 6) is -8.94. The Morgan fingerprint density at radius 3 is 2.00 bits per heavy atom. The zero-order chi connectivity index (χ0) is 22.9. The Labute approximate surface area is 162 Å². The van der Waals surface area contributed by atoms with Gasteiger partial charge >= 0.3 is 18.5 Å². The molecule has 0 aliphatic heterocycles. The third-order valence-corrected chi connectivity index (χ3v) is 3.45. The molecule has 0 fully saturated rings. The van der Waals surface area contributed by atoms with Crippen molar-refractivity contribution in [2.45, 2.75) is 12.5 Å². The molecule has 0 amide bonds. The smallest absolute Gasteiger partial charge is 0.490 e. The number of methoxy groups -OCH3 is 2.